The molecule has 2 bridgehead atoms. The minimum absolute atomic E-state index is 0.167. The number of carbonyl (C=O) groups is 1. The Bertz CT molecular complexity index is 556. The molecule has 2 nitrogen and oxygen atoms in total. The molecule has 1 aliphatic heterocycles. The van der Waals surface area contributed by atoms with E-state index >= 15 is 0 Å². The Kier molecular flexibility index (Phi) is 3.46. The van der Waals surface area contributed by atoms with Crippen molar-refractivity contribution in [3.63, 3.8) is 0 Å². The van der Waals surface area contributed by atoms with Gasteiger partial charge in [0.05, 0.1) is 0 Å². The molecular weight excluding hydrogens is 266 g/mol. The molecule has 0 N–H and O–H groups in total. The number of rotatable bonds is 1. The molecule has 3 atom stereocenters. The number of likely N-dealkylation sites (N-methyl/N-ethyl adjacent to an activating group) is 1. The molecule has 1 fully saturated rings. The highest BCUT2D eigenvalue weighted by atomic mass is 32.2. The lowest BCUT2D eigenvalue weighted by Crippen LogP contribution is -2.56. The highest BCUT2D eigenvalue weighted by molar-refractivity contribution is 8.13. The van der Waals surface area contributed by atoms with Gasteiger partial charge in [0.2, 0.25) is 0 Å². The minimum atomic E-state index is 0.167. The molecule has 3 heteroatoms. The van der Waals surface area contributed by atoms with Crippen molar-refractivity contribution < 1.29 is 4.79 Å². The topological polar surface area (TPSA) is 20.3 Å². The first-order valence-corrected chi connectivity index (χ1v) is 8.25. The summed E-state index contributed by atoms with van der Waals surface area (Å²) < 4.78 is 0. The molecule has 1 saturated heterocycles. The van der Waals surface area contributed by atoms with Gasteiger partial charge in [-0.3, -0.25) is 4.79 Å². The Labute approximate surface area is 125 Å². The molecule has 1 aromatic rings. The smallest absolute Gasteiger partial charge is 0.190 e. The number of thioether (sulfide) groups is 1. The second kappa shape index (κ2) is 4.88. The van der Waals surface area contributed by atoms with E-state index in [0.717, 1.165) is 11.3 Å². The van der Waals surface area contributed by atoms with Gasteiger partial charge in [-0.25, -0.2) is 0 Å². The normalized spacial score (nSPS) is 32.8. The van der Waals surface area contributed by atoms with Crippen LogP contribution in [-0.4, -0.2) is 29.6 Å². The van der Waals surface area contributed by atoms with Crippen LogP contribution < -0.4 is 0 Å². The van der Waals surface area contributed by atoms with Crippen molar-refractivity contribution in [3.05, 3.63) is 29.3 Å². The van der Waals surface area contributed by atoms with Crippen LogP contribution >= 0.6 is 11.8 Å². The first-order chi connectivity index (χ1) is 9.41. The van der Waals surface area contributed by atoms with Gasteiger partial charge in [-0.1, -0.05) is 31.7 Å². The van der Waals surface area contributed by atoms with E-state index in [0.29, 0.717) is 12.0 Å². The lowest BCUT2D eigenvalue weighted by Gasteiger charge is -2.53. The zero-order valence-corrected chi connectivity index (χ0v) is 13.6. The molecule has 3 rings (SSSR count). The third-order valence-electron chi connectivity index (χ3n) is 5.52. The van der Waals surface area contributed by atoms with Crippen LogP contribution in [0, 0.1) is 5.92 Å². The Morgan fingerprint density at radius 2 is 2.20 bits per heavy atom. The lowest BCUT2D eigenvalue weighted by atomic mass is 9.59. The number of piperidine rings is 1. The van der Waals surface area contributed by atoms with Crippen LogP contribution in [0.4, 0.5) is 0 Å². The summed E-state index contributed by atoms with van der Waals surface area (Å²) in [7, 11) is 2.26. The zero-order valence-electron chi connectivity index (χ0n) is 12.8. The average molecular weight is 289 g/mol. The van der Waals surface area contributed by atoms with Gasteiger partial charge in [-0.05, 0) is 61.0 Å². The first-order valence-electron chi connectivity index (χ1n) is 7.44. The fraction of sp³-hybridized carbons (Fsp3) is 0.588. The third-order valence-corrected chi connectivity index (χ3v) is 6.30. The van der Waals surface area contributed by atoms with Crippen molar-refractivity contribution in [3.8, 4) is 0 Å². The van der Waals surface area contributed by atoms with Crippen LogP contribution in [0.2, 0.25) is 0 Å². The number of fused-ring (bicyclic) bond motifs is 4. The Morgan fingerprint density at radius 1 is 1.45 bits per heavy atom. The van der Waals surface area contributed by atoms with E-state index in [4.69, 9.17) is 0 Å². The van der Waals surface area contributed by atoms with Crippen molar-refractivity contribution in [2.75, 3.05) is 13.6 Å². The Hall–Kier alpha value is -0.800. The molecule has 2 aliphatic rings. The maximum Gasteiger partial charge on any atom is 0.190 e. The Morgan fingerprint density at radius 3 is 2.90 bits per heavy atom. The maximum atomic E-state index is 11.3. The average Bonchev–Trinajstić information content (AvgIpc) is 2.39. The standard InChI is InChI=1S/C17H23NOS/c1-11-16-9-13-5-6-14(20-12(2)19)10-15(13)17(11,3)7-8-18(16)4/h5-6,10-11,16H,7-9H2,1-4H3/t11-,16?,17+/m0/s1. The van der Waals surface area contributed by atoms with Crippen LogP contribution in [0.1, 0.15) is 38.3 Å². The summed E-state index contributed by atoms with van der Waals surface area (Å²) in [6.07, 6.45) is 2.36. The Balaban J connectivity index is 2.05. The SMILES string of the molecule is CC(=O)Sc1ccc2c(c1)[C@]1(C)CCN(C)C(C2)[C@@H]1C. The number of nitrogens with zero attached hydrogens (tertiary/aromatic N) is 1. The molecule has 1 aliphatic carbocycles. The van der Waals surface area contributed by atoms with Crippen LogP contribution in [0.3, 0.4) is 0 Å². The van der Waals surface area contributed by atoms with Crippen LogP contribution in [0.15, 0.2) is 23.1 Å². The molecule has 0 aromatic heterocycles. The monoisotopic (exact) mass is 289 g/mol. The zero-order chi connectivity index (χ0) is 14.5. The van der Waals surface area contributed by atoms with Gasteiger partial charge in [-0.15, -0.1) is 0 Å². The predicted molar refractivity (Wildman–Crippen MR) is 84.2 cm³/mol. The summed E-state index contributed by atoms with van der Waals surface area (Å²) in [5.41, 5.74) is 3.23. The molecule has 1 unspecified atom stereocenters. The largest absolute Gasteiger partial charge is 0.303 e. The first kappa shape index (κ1) is 14.2. The van der Waals surface area contributed by atoms with Gasteiger partial charge in [0.25, 0.3) is 0 Å². The number of hydrogen-bond acceptors (Lipinski definition) is 3. The molecule has 20 heavy (non-hydrogen) atoms. The van der Waals surface area contributed by atoms with Gasteiger partial charge >= 0.3 is 0 Å². The summed E-state index contributed by atoms with van der Waals surface area (Å²) in [6, 6.07) is 7.30. The summed E-state index contributed by atoms with van der Waals surface area (Å²) in [4.78, 5) is 15.0. The number of hydrogen-bond donors (Lipinski definition) is 0. The molecule has 1 aromatic carbocycles. The highest BCUT2D eigenvalue weighted by Gasteiger charge is 2.47. The highest BCUT2D eigenvalue weighted by Crippen LogP contribution is 2.48. The summed E-state index contributed by atoms with van der Waals surface area (Å²) in [6.45, 7) is 7.63. The number of likely N-dealkylation sites (tertiary alicyclic amines) is 1. The van der Waals surface area contributed by atoms with Crippen molar-refractivity contribution in [1.29, 1.82) is 0 Å². The van der Waals surface area contributed by atoms with Gasteiger partial charge in [0.15, 0.2) is 5.12 Å². The second-order valence-electron chi connectivity index (χ2n) is 6.62. The van der Waals surface area contributed by atoms with E-state index in [1.165, 1.54) is 35.9 Å². The van der Waals surface area contributed by atoms with Crippen molar-refractivity contribution in [2.45, 2.75) is 50.0 Å². The van der Waals surface area contributed by atoms with Gasteiger partial charge < -0.3 is 4.90 Å². The number of carbonyl (C=O) groups excluding carboxylic acids is 1. The van der Waals surface area contributed by atoms with Crippen LogP contribution in [0.25, 0.3) is 0 Å². The second-order valence-corrected chi connectivity index (χ2v) is 7.87. The molecular formula is C17H23NOS. The summed E-state index contributed by atoms with van der Waals surface area (Å²) in [5, 5.41) is 0.167. The fourth-order valence-corrected chi connectivity index (χ4v) is 4.69. The van der Waals surface area contributed by atoms with E-state index in [2.05, 4.69) is 44.0 Å². The maximum absolute atomic E-state index is 11.3. The van der Waals surface area contributed by atoms with Gasteiger partial charge in [-0.2, -0.15) is 0 Å². The van der Waals surface area contributed by atoms with E-state index < -0.39 is 0 Å². The van der Waals surface area contributed by atoms with E-state index in [9.17, 15) is 4.79 Å². The van der Waals surface area contributed by atoms with E-state index in [1.54, 1.807) is 6.92 Å². The van der Waals surface area contributed by atoms with Gasteiger partial charge in [0.1, 0.15) is 0 Å². The van der Waals surface area contributed by atoms with Crippen molar-refractivity contribution in [2.24, 2.45) is 5.92 Å². The minimum Gasteiger partial charge on any atom is -0.303 e. The van der Waals surface area contributed by atoms with E-state index in [1.807, 2.05) is 0 Å². The number of benzene rings is 1. The third kappa shape index (κ3) is 2.11. The molecule has 0 radical (unpaired) electrons. The van der Waals surface area contributed by atoms with Crippen molar-refractivity contribution in [1.82, 2.24) is 4.90 Å². The summed E-state index contributed by atoms with van der Waals surface area (Å²) >= 11 is 1.35. The molecule has 108 valence electrons. The van der Waals surface area contributed by atoms with Crippen molar-refractivity contribution >= 4 is 16.9 Å². The van der Waals surface area contributed by atoms with Crippen LogP contribution in [-0.2, 0) is 16.6 Å². The molecule has 1 heterocycles. The fourth-order valence-electron chi connectivity index (χ4n) is 4.04. The molecule has 0 spiro atoms. The summed E-state index contributed by atoms with van der Waals surface area (Å²) in [5.74, 6) is 0.673. The predicted octanol–water partition coefficient (Wildman–Crippen LogP) is 3.48. The van der Waals surface area contributed by atoms with Crippen LogP contribution in [0.5, 0.6) is 0 Å². The molecule has 0 saturated carbocycles. The van der Waals surface area contributed by atoms with Gasteiger partial charge in [0, 0.05) is 17.9 Å². The lowest BCUT2D eigenvalue weighted by molar-refractivity contribution is -0.109. The van der Waals surface area contributed by atoms with E-state index in [-0.39, 0.29) is 10.5 Å². The quantitative estimate of drug-likeness (QED) is 0.738. The molecule has 0 amide bonds.